The molecule has 4 nitrogen and oxygen atoms in total. The van der Waals surface area contributed by atoms with Crippen LogP contribution in [0.25, 0.3) is 0 Å². The third-order valence-corrected chi connectivity index (χ3v) is 2.30. The average Bonchev–Trinajstić information content (AvgIpc) is 2.02. The van der Waals surface area contributed by atoms with Crippen LogP contribution in [-0.4, -0.2) is 21.6 Å². The van der Waals surface area contributed by atoms with Gasteiger partial charge in [0.25, 0.3) is 5.56 Å². The first kappa shape index (κ1) is 10.4. The number of hydrogen-bond acceptors (Lipinski definition) is 3. The summed E-state index contributed by atoms with van der Waals surface area (Å²) < 4.78 is 1.13. The lowest BCUT2D eigenvalue weighted by Crippen LogP contribution is -2.35. The van der Waals surface area contributed by atoms with Gasteiger partial charge in [-0.05, 0) is 6.26 Å². The minimum Gasteiger partial charge on any atom is -0.298 e. The van der Waals surface area contributed by atoms with Crippen molar-refractivity contribution >= 4 is 23.4 Å². The lowest BCUT2D eigenvalue weighted by molar-refractivity contribution is 0.679. The van der Waals surface area contributed by atoms with Crippen LogP contribution in [0.3, 0.4) is 0 Å². The molecule has 0 unspecified atom stereocenters. The number of nitrogens with zero attached hydrogens (tertiary/aromatic N) is 1. The molecule has 0 bridgehead atoms. The second-order valence-corrected chi connectivity index (χ2v) is 3.80. The molecule has 0 atom stereocenters. The second kappa shape index (κ2) is 4.53. The van der Waals surface area contributed by atoms with Crippen LogP contribution in [0.5, 0.6) is 0 Å². The highest BCUT2D eigenvalue weighted by Crippen LogP contribution is 1.95. The van der Waals surface area contributed by atoms with Crippen LogP contribution < -0.4 is 11.2 Å². The molecule has 0 aliphatic carbocycles. The summed E-state index contributed by atoms with van der Waals surface area (Å²) in [5.74, 6) is 0.727. The first-order valence-corrected chi connectivity index (χ1v) is 5.41. The summed E-state index contributed by atoms with van der Waals surface area (Å²) in [6.45, 7) is 0.409. The van der Waals surface area contributed by atoms with Crippen molar-refractivity contribution in [3.05, 3.63) is 32.1 Å². The Morgan fingerprint density at radius 1 is 1.62 bits per heavy atom. The smallest absolute Gasteiger partial charge is 0.298 e. The molecule has 0 radical (unpaired) electrons. The number of hydrogen-bond donors (Lipinski definition) is 1. The SMILES string of the molecule is CSCCn1c(=O)cc(Cl)[nH]c1=O. The Morgan fingerprint density at radius 3 is 2.85 bits per heavy atom. The van der Waals surface area contributed by atoms with Crippen LogP contribution in [0.1, 0.15) is 0 Å². The number of rotatable bonds is 3. The van der Waals surface area contributed by atoms with Crippen LogP contribution in [0.15, 0.2) is 15.7 Å². The van der Waals surface area contributed by atoms with Gasteiger partial charge in [-0.15, -0.1) is 0 Å². The van der Waals surface area contributed by atoms with Crippen molar-refractivity contribution in [2.24, 2.45) is 0 Å². The van der Waals surface area contributed by atoms with Crippen molar-refractivity contribution < 1.29 is 0 Å². The van der Waals surface area contributed by atoms with E-state index in [9.17, 15) is 9.59 Å². The number of aromatic nitrogens is 2. The molecule has 0 saturated carbocycles. The van der Waals surface area contributed by atoms with Crippen LogP contribution in [0, 0.1) is 0 Å². The van der Waals surface area contributed by atoms with E-state index >= 15 is 0 Å². The number of aromatic amines is 1. The van der Waals surface area contributed by atoms with Crippen LogP contribution in [0.2, 0.25) is 5.15 Å². The predicted molar refractivity (Wildman–Crippen MR) is 54.7 cm³/mol. The Balaban J connectivity index is 3.07. The molecular weight excluding hydrogens is 212 g/mol. The summed E-state index contributed by atoms with van der Waals surface area (Å²) >= 11 is 7.05. The third-order valence-electron chi connectivity index (χ3n) is 1.51. The highest BCUT2D eigenvalue weighted by molar-refractivity contribution is 7.98. The quantitative estimate of drug-likeness (QED) is 0.758. The first-order valence-electron chi connectivity index (χ1n) is 3.63. The maximum absolute atomic E-state index is 11.2. The van der Waals surface area contributed by atoms with Gasteiger partial charge < -0.3 is 0 Å². The Hall–Kier alpha value is -0.680. The molecule has 0 aromatic carbocycles. The monoisotopic (exact) mass is 220 g/mol. The van der Waals surface area contributed by atoms with E-state index in [1.165, 1.54) is 6.07 Å². The van der Waals surface area contributed by atoms with E-state index in [-0.39, 0.29) is 10.7 Å². The normalized spacial score (nSPS) is 10.3. The molecule has 0 aliphatic rings. The molecule has 0 saturated heterocycles. The minimum atomic E-state index is -0.452. The zero-order valence-electron chi connectivity index (χ0n) is 7.04. The van der Waals surface area contributed by atoms with E-state index in [0.29, 0.717) is 6.54 Å². The Kier molecular flexibility index (Phi) is 3.62. The Morgan fingerprint density at radius 2 is 2.31 bits per heavy atom. The van der Waals surface area contributed by atoms with Crippen molar-refractivity contribution in [1.82, 2.24) is 9.55 Å². The van der Waals surface area contributed by atoms with Gasteiger partial charge in [0, 0.05) is 18.4 Å². The fraction of sp³-hybridized carbons (Fsp3) is 0.429. The molecule has 1 aromatic rings. The van der Waals surface area contributed by atoms with E-state index in [2.05, 4.69) is 4.98 Å². The number of nitrogens with one attached hydrogen (secondary N) is 1. The molecule has 0 spiro atoms. The van der Waals surface area contributed by atoms with Gasteiger partial charge in [-0.25, -0.2) is 4.79 Å². The molecule has 0 amide bonds. The second-order valence-electron chi connectivity index (χ2n) is 2.41. The maximum atomic E-state index is 11.2. The molecule has 72 valence electrons. The molecule has 0 aliphatic heterocycles. The summed E-state index contributed by atoms with van der Waals surface area (Å²) in [5, 5.41) is 0.0791. The van der Waals surface area contributed by atoms with Crippen LogP contribution in [-0.2, 0) is 6.54 Å². The molecule has 1 heterocycles. The number of halogens is 1. The van der Waals surface area contributed by atoms with Crippen molar-refractivity contribution in [2.45, 2.75) is 6.54 Å². The summed E-state index contributed by atoms with van der Waals surface area (Å²) in [6.07, 6.45) is 1.91. The zero-order valence-corrected chi connectivity index (χ0v) is 8.61. The fourth-order valence-electron chi connectivity index (χ4n) is 0.886. The first-order chi connectivity index (χ1) is 6.15. The third kappa shape index (κ3) is 2.63. The van der Waals surface area contributed by atoms with Gasteiger partial charge in [-0.2, -0.15) is 11.8 Å². The van der Waals surface area contributed by atoms with E-state index in [0.717, 1.165) is 10.3 Å². The Bertz CT molecular complexity index is 367. The van der Waals surface area contributed by atoms with E-state index in [1.807, 2.05) is 6.26 Å². The van der Waals surface area contributed by atoms with Crippen molar-refractivity contribution in [3.8, 4) is 0 Å². The van der Waals surface area contributed by atoms with Gasteiger partial charge in [0.05, 0.1) is 0 Å². The van der Waals surface area contributed by atoms with Gasteiger partial charge in [0.2, 0.25) is 0 Å². The zero-order chi connectivity index (χ0) is 9.84. The van der Waals surface area contributed by atoms with Gasteiger partial charge >= 0.3 is 5.69 Å². The number of thioether (sulfide) groups is 1. The Labute approximate surface area is 83.9 Å². The summed E-state index contributed by atoms with van der Waals surface area (Å²) in [6, 6.07) is 1.20. The molecule has 13 heavy (non-hydrogen) atoms. The molecule has 1 rings (SSSR count). The predicted octanol–water partition coefficient (Wildman–Crippen LogP) is 0.553. The van der Waals surface area contributed by atoms with Crippen LogP contribution >= 0.6 is 23.4 Å². The van der Waals surface area contributed by atoms with Crippen molar-refractivity contribution in [3.63, 3.8) is 0 Å². The average molecular weight is 221 g/mol. The van der Waals surface area contributed by atoms with Gasteiger partial charge in [-0.1, -0.05) is 11.6 Å². The van der Waals surface area contributed by atoms with Gasteiger partial charge in [-0.3, -0.25) is 14.3 Å². The lowest BCUT2D eigenvalue weighted by Gasteiger charge is -2.01. The highest BCUT2D eigenvalue weighted by atomic mass is 35.5. The topological polar surface area (TPSA) is 54.9 Å². The summed E-state index contributed by atoms with van der Waals surface area (Å²) in [4.78, 5) is 24.7. The fourth-order valence-corrected chi connectivity index (χ4v) is 1.43. The maximum Gasteiger partial charge on any atom is 0.329 e. The molecule has 6 heteroatoms. The standard InChI is InChI=1S/C7H9ClN2O2S/c1-13-3-2-10-6(11)4-5(8)9-7(10)12/h4H,2-3H2,1H3,(H,9,12). The lowest BCUT2D eigenvalue weighted by atomic mass is 10.6. The molecular formula is C7H9ClN2O2S. The molecule has 1 aromatic heterocycles. The van der Waals surface area contributed by atoms with E-state index in [1.54, 1.807) is 11.8 Å². The van der Waals surface area contributed by atoms with Crippen molar-refractivity contribution in [1.29, 1.82) is 0 Å². The van der Waals surface area contributed by atoms with Gasteiger partial charge in [0.15, 0.2) is 0 Å². The molecule has 0 fully saturated rings. The minimum absolute atomic E-state index is 0.0791. The van der Waals surface area contributed by atoms with Crippen molar-refractivity contribution in [2.75, 3.05) is 12.0 Å². The van der Waals surface area contributed by atoms with E-state index in [4.69, 9.17) is 11.6 Å². The molecule has 1 N–H and O–H groups in total. The van der Waals surface area contributed by atoms with E-state index < -0.39 is 5.69 Å². The largest absolute Gasteiger partial charge is 0.329 e. The number of H-pyrrole nitrogens is 1. The summed E-state index contributed by atoms with van der Waals surface area (Å²) in [5.41, 5.74) is -0.811. The van der Waals surface area contributed by atoms with Crippen LogP contribution in [0.4, 0.5) is 0 Å². The van der Waals surface area contributed by atoms with Gasteiger partial charge in [0.1, 0.15) is 5.15 Å². The highest BCUT2D eigenvalue weighted by Gasteiger charge is 2.01. The summed E-state index contributed by atoms with van der Waals surface area (Å²) in [7, 11) is 0.